The Kier molecular flexibility index (Phi) is 6.30. The Morgan fingerprint density at radius 1 is 1.00 bits per heavy atom. The third-order valence-corrected chi connectivity index (χ3v) is 7.07. The lowest BCUT2D eigenvalue weighted by Gasteiger charge is -2.16. The van der Waals surface area contributed by atoms with Crippen molar-refractivity contribution in [3.05, 3.63) is 76.8 Å². The van der Waals surface area contributed by atoms with Crippen LogP contribution in [-0.4, -0.2) is 36.8 Å². The maximum atomic E-state index is 14.3. The van der Waals surface area contributed by atoms with Crippen molar-refractivity contribution in [2.75, 3.05) is 6.61 Å². The van der Waals surface area contributed by atoms with E-state index in [1.54, 1.807) is 12.1 Å². The van der Waals surface area contributed by atoms with Gasteiger partial charge >= 0.3 is 0 Å². The predicted octanol–water partition coefficient (Wildman–Crippen LogP) is 6.43. The van der Waals surface area contributed by atoms with Gasteiger partial charge in [0.2, 0.25) is 0 Å². The summed E-state index contributed by atoms with van der Waals surface area (Å²) in [6.45, 7) is 0.964. The monoisotopic (exact) mass is 520 g/mol. The van der Waals surface area contributed by atoms with Crippen LogP contribution in [-0.2, 0) is 6.54 Å². The van der Waals surface area contributed by atoms with Crippen LogP contribution in [0.25, 0.3) is 33.8 Å². The van der Waals surface area contributed by atoms with E-state index in [2.05, 4.69) is 20.6 Å². The fraction of sp³-hybridized carbons (Fsp3) is 0.259. The van der Waals surface area contributed by atoms with Gasteiger partial charge in [-0.1, -0.05) is 48.7 Å². The van der Waals surface area contributed by atoms with Crippen molar-refractivity contribution < 1.29 is 13.5 Å². The molecule has 2 aromatic heterocycles. The van der Waals surface area contributed by atoms with Gasteiger partial charge in [-0.15, -0.1) is 5.10 Å². The number of tetrazole rings is 1. The summed E-state index contributed by atoms with van der Waals surface area (Å²) in [6, 6.07) is 15.4. The minimum atomic E-state index is -0.942. The highest BCUT2D eigenvalue weighted by Gasteiger charge is 2.21. The van der Waals surface area contributed by atoms with E-state index in [0.29, 0.717) is 58.1 Å². The highest BCUT2D eigenvalue weighted by molar-refractivity contribution is 6.30. The lowest BCUT2D eigenvalue weighted by Crippen LogP contribution is -2.09. The van der Waals surface area contributed by atoms with Crippen molar-refractivity contribution in [1.82, 2.24) is 30.2 Å². The van der Waals surface area contributed by atoms with Crippen LogP contribution in [0.3, 0.4) is 0 Å². The van der Waals surface area contributed by atoms with Gasteiger partial charge < -0.3 is 9.30 Å². The molecule has 1 N–H and O–H groups in total. The van der Waals surface area contributed by atoms with Crippen LogP contribution in [0.1, 0.15) is 31.2 Å². The van der Waals surface area contributed by atoms with Gasteiger partial charge in [0.15, 0.2) is 17.5 Å². The van der Waals surface area contributed by atoms with Crippen molar-refractivity contribution in [1.29, 1.82) is 0 Å². The molecule has 0 unspecified atom stereocenters. The molecule has 1 fully saturated rings. The lowest BCUT2D eigenvalue weighted by molar-refractivity contribution is 0.253. The van der Waals surface area contributed by atoms with Crippen molar-refractivity contribution in [2.24, 2.45) is 5.92 Å². The number of ether oxygens (including phenoxy) is 1. The number of hydrogen-bond donors (Lipinski definition) is 1. The van der Waals surface area contributed by atoms with E-state index in [4.69, 9.17) is 21.3 Å². The minimum Gasteiger partial charge on any atom is -0.492 e. The number of nitrogens with one attached hydrogen (secondary N) is 1. The Balaban J connectivity index is 1.41. The van der Waals surface area contributed by atoms with Gasteiger partial charge in [-0.2, -0.15) is 0 Å². The number of aromatic nitrogens is 6. The summed E-state index contributed by atoms with van der Waals surface area (Å²) >= 11 is 6.32. The number of benzene rings is 3. The van der Waals surface area contributed by atoms with E-state index in [-0.39, 0.29) is 0 Å². The van der Waals surface area contributed by atoms with E-state index >= 15 is 0 Å². The highest BCUT2D eigenvalue weighted by Crippen LogP contribution is 2.36. The van der Waals surface area contributed by atoms with Gasteiger partial charge in [0, 0.05) is 29.3 Å². The molecule has 1 aliphatic carbocycles. The summed E-state index contributed by atoms with van der Waals surface area (Å²) in [4.78, 5) is 4.71. The maximum Gasteiger partial charge on any atom is 0.179 e. The normalized spacial score (nSPS) is 14.0. The molecule has 0 amide bonds. The van der Waals surface area contributed by atoms with Crippen molar-refractivity contribution >= 4 is 22.6 Å². The topological polar surface area (TPSA) is 81.5 Å². The number of halogens is 3. The van der Waals surface area contributed by atoms with Gasteiger partial charge in [0.1, 0.15) is 11.6 Å². The number of rotatable bonds is 7. The third kappa shape index (κ3) is 4.79. The van der Waals surface area contributed by atoms with Gasteiger partial charge in [0.05, 0.1) is 23.2 Å². The fourth-order valence-electron chi connectivity index (χ4n) is 4.90. The van der Waals surface area contributed by atoms with E-state index in [1.165, 1.54) is 18.9 Å². The zero-order valence-corrected chi connectivity index (χ0v) is 20.6. The molecule has 6 rings (SSSR count). The van der Waals surface area contributed by atoms with Crippen molar-refractivity contribution in [3.63, 3.8) is 0 Å². The molecular formula is C27H23ClF2N6O. The van der Waals surface area contributed by atoms with Gasteiger partial charge in [-0.25, -0.2) is 18.9 Å². The second-order valence-corrected chi connectivity index (χ2v) is 9.76. The quantitative estimate of drug-likeness (QED) is 0.267. The Labute approximate surface area is 216 Å². The average molecular weight is 521 g/mol. The van der Waals surface area contributed by atoms with E-state index in [9.17, 15) is 8.78 Å². The van der Waals surface area contributed by atoms with Gasteiger partial charge in [-0.3, -0.25) is 0 Å². The molecule has 0 radical (unpaired) electrons. The van der Waals surface area contributed by atoms with Crippen LogP contribution in [0.5, 0.6) is 5.75 Å². The molecule has 0 spiro atoms. The molecule has 0 aliphatic heterocycles. The number of aromatic amines is 1. The largest absolute Gasteiger partial charge is 0.492 e. The first-order chi connectivity index (χ1) is 18.0. The Morgan fingerprint density at radius 3 is 2.54 bits per heavy atom. The molecule has 1 saturated carbocycles. The summed E-state index contributed by atoms with van der Waals surface area (Å²) in [5, 5.41) is 14.4. The smallest absolute Gasteiger partial charge is 0.179 e. The molecule has 3 aromatic carbocycles. The number of imidazole rings is 1. The third-order valence-electron chi connectivity index (χ3n) is 6.84. The number of H-pyrrole nitrogens is 1. The second-order valence-electron chi connectivity index (χ2n) is 9.33. The molecule has 7 nitrogen and oxygen atoms in total. The summed E-state index contributed by atoms with van der Waals surface area (Å²) in [6.07, 6.45) is 4.73. The van der Waals surface area contributed by atoms with Crippen LogP contribution >= 0.6 is 11.6 Å². The van der Waals surface area contributed by atoms with Gasteiger partial charge in [-0.05, 0) is 52.9 Å². The first-order valence-corrected chi connectivity index (χ1v) is 12.5. The van der Waals surface area contributed by atoms with Crippen LogP contribution < -0.4 is 4.74 Å². The second kappa shape index (κ2) is 9.89. The number of fused-ring (bicyclic) bond motifs is 1. The fourth-order valence-corrected chi connectivity index (χ4v) is 5.06. The number of hydrogen-bond acceptors (Lipinski definition) is 5. The zero-order valence-electron chi connectivity index (χ0n) is 19.8. The Morgan fingerprint density at radius 2 is 1.78 bits per heavy atom. The molecule has 37 heavy (non-hydrogen) atoms. The Bertz CT molecular complexity index is 1550. The van der Waals surface area contributed by atoms with E-state index < -0.39 is 11.6 Å². The molecule has 0 atom stereocenters. The molecule has 188 valence electrons. The molecule has 10 heteroatoms. The van der Waals surface area contributed by atoms with Gasteiger partial charge in [0.25, 0.3) is 0 Å². The zero-order chi connectivity index (χ0) is 25.4. The SMILES string of the molecule is Fc1cc2nc(-c3ccc(Cl)cc3OCC3CCCC3)n(Cc3ccc(-c4nnn[nH]4)cc3)c2cc1F. The van der Waals surface area contributed by atoms with Crippen LogP contribution in [0.15, 0.2) is 54.6 Å². The minimum absolute atomic E-state index is 0.356. The van der Waals surface area contributed by atoms with Crippen LogP contribution in [0.2, 0.25) is 5.02 Å². The number of nitrogens with zero attached hydrogens (tertiary/aromatic N) is 5. The summed E-state index contributed by atoms with van der Waals surface area (Å²) in [5.41, 5.74) is 3.31. The standard InChI is InChI=1S/C27H23ClF2N6O/c28-19-9-10-20(25(11-19)37-15-17-3-1-2-4-17)27-31-23-12-21(29)22(30)13-24(23)36(27)14-16-5-7-18(8-6-16)26-32-34-35-33-26/h5-13,17H,1-4,14-15H2,(H,32,33,34,35). The van der Waals surface area contributed by atoms with Crippen molar-refractivity contribution in [2.45, 2.75) is 32.2 Å². The van der Waals surface area contributed by atoms with Crippen molar-refractivity contribution in [3.8, 4) is 28.5 Å². The predicted molar refractivity (Wildman–Crippen MR) is 136 cm³/mol. The lowest BCUT2D eigenvalue weighted by atomic mass is 10.1. The summed E-state index contributed by atoms with van der Waals surface area (Å²) in [5.74, 6) is 0.339. The van der Waals surface area contributed by atoms with Crippen LogP contribution in [0.4, 0.5) is 8.78 Å². The average Bonchev–Trinajstić information content (AvgIpc) is 3.67. The van der Waals surface area contributed by atoms with Crippen LogP contribution in [0, 0.1) is 17.6 Å². The first-order valence-electron chi connectivity index (χ1n) is 12.2. The Hall–Kier alpha value is -3.85. The maximum absolute atomic E-state index is 14.3. The molecule has 1 aliphatic rings. The van der Waals surface area contributed by atoms with E-state index in [0.717, 1.165) is 30.0 Å². The molecular weight excluding hydrogens is 498 g/mol. The first kappa shape index (κ1) is 23.5. The molecule has 0 bridgehead atoms. The summed E-state index contributed by atoms with van der Waals surface area (Å²) in [7, 11) is 0. The highest BCUT2D eigenvalue weighted by atomic mass is 35.5. The van der Waals surface area contributed by atoms with E-state index in [1.807, 2.05) is 34.9 Å². The molecule has 2 heterocycles. The molecule has 5 aromatic rings. The summed E-state index contributed by atoms with van der Waals surface area (Å²) < 4.78 is 36.6. The molecule has 0 saturated heterocycles.